The van der Waals surface area contributed by atoms with E-state index in [0.717, 1.165) is 0 Å². The van der Waals surface area contributed by atoms with E-state index in [2.05, 4.69) is 52.4 Å². The fraction of sp³-hybridized carbons (Fsp3) is 1.00. The molecule has 0 aromatic rings. The maximum Gasteiger partial charge on any atom is 0.636 e. The number of hydrogen-bond donors (Lipinski definition) is 0. The first-order chi connectivity index (χ1) is 7.67. The molecule has 0 heterocycles. The molecule has 0 aromatic heterocycles. The smallest absolute Gasteiger partial charge is 0.399 e. The van der Waals surface area contributed by atoms with Crippen molar-refractivity contribution in [3.63, 3.8) is 0 Å². The Labute approximate surface area is 121 Å². The van der Waals surface area contributed by atoms with E-state index in [4.69, 9.17) is 16.5 Å². The number of rotatable bonds is 8. The van der Waals surface area contributed by atoms with Crippen LogP contribution in [-0.4, -0.2) is 45.2 Å². The van der Waals surface area contributed by atoms with Crippen molar-refractivity contribution in [3.8, 4) is 0 Å². The Morgan fingerprint density at radius 1 is 0.500 bits per heavy atom. The molecule has 0 spiro atoms. The van der Waals surface area contributed by atoms with E-state index in [9.17, 15) is 0 Å². The predicted molar refractivity (Wildman–Crippen MR) is 92.3 cm³/mol. The molecule has 0 N–H and O–H groups in total. The van der Waals surface area contributed by atoms with Crippen LogP contribution in [0.4, 0.5) is 0 Å². The van der Waals surface area contributed by atoms with Crippen LogP contribution >= 0.6 is 0 Å². The lowest BCUT2D eigenvalue weighted by atomic mass is 11.9. The van der Waals surface area contributed by atoms with E-state index in [-0.39, 0.29) is 7.43 Å². The zero-order valence-corrected chi connectivity index (χ0v) is 18.1. The zero-order valence-electron chi connectivity index (χ0n) is 12.4. The van der Waals surface area contributed by atoms with Gasteiger partial charge in [0.05, 0.1) is 0 Å². The zero-order chi connectivity index (χ0) is 13.6. The van der Waals surface area contributed by atoms with Gasteiger partial charge < -0.3 is 16.5 Å². The van der Waals surface area contributed by atoms with Crippen molar-refractivity contribution in [2.75, 3.05) is 0 Å². The molecule has 0 aliphatic heterocycles. The molecule has 18 heavy (non-hydrogen) atoms. The van der Waals surface area contributed by atoms with Gasteiger partial charge in [-0.1, -0.05) is 7.43 Å². The third-order valence-corrected chi connectivity index (χ3v) is 13.7. The second-order valence-electron chi connectivity index (χ2n) is 5.17. The summed E-state index contributed by atoms with van der Waals surface area (Å²) in [5, 5.41) is 0. The number of hydrogen-bond acceptors (Lipinski definition) is 4. The summed E-state index contributed by atoms with van der Waals surface area (Å²) in [7, 11) is -7.68. The average Bonchev–Trinajstić information content (AvgIpc) is 1.95. The van der Waals surface area contributed by atoms with Crippen LogP contribution in [0.15, 0.2) is 0 Å². The van der Waals surface area contributed by atoms with Crippen molar-refractivity contribution in [1.82, 2.24) is 0 Å². The highest BCUT2D eigenvalue weighted by Gasteiger charge is 2.47. The Morgan fingerprint density at radius 2 is 0.667 bits per heavy atom. The third kappa shape index (κ3) is 9.80. The van der Waals surface area contributed by atoms with Gasteiger partial charge in [-0.3, -0.25) is 0 Å². The van der Waals surface area contributed by atoms with Crippen molar-refractivity contribution in [2.45, 2.75) is 59.8 Å². The fourth-order valence-electron chi connectivity index (χ4n) is 1.32. The lowest BCUT2D eigenvalue weighted by molar-refractivity contribution is 0.164. The summed E-state index contributed by atoms with van der Waals surface area (Å²) in [6.07, 6.45) is 0. The van der Waals surface area contributed by atoms with Crippen LogP contribution in [-0.2, 0) is 16.5 Å². The van der Waals surface area contributed by atoms with Gasteiger partial charge in [0.2, 0.25) is 0 Å². The first-order valence-corrected chi connectivity index (χ1v) is 19.1. The highest BCUT2D eigenvalue weighted by Crippen LogP contribution is 2.17. The Hall–Kier alpha value is 0.924. The van der Waals surface area contributed by atoms with Gasteiger partial charge in [-0.05, 0) is 52.4 Å². The first-order valence-electron chi connectivity index (χ1n) is 6.38. The molecular formula is C9H32O4Si5. The minimum atomic E-state index is -2.80. The standard InChI is InChI=1S/C8H28O4Si5.CH4/c1-13(2)9-17(10-14(3)4,11-15(5)6)12-16(7)8;/h13-16H,1-8H3;1H4. The van der Waals surface area contributed by atoms with Gasteiger partial charge >= 0.3 is 9.05 Å². The summed E-state index contributed by atoms with van der Waals surface area (Å²) < 4.78 is 24.3. The van der Waals surface area contributed by atoms with E-state index in [1.165, 1.54) is 0 Å². The highest BCUT2D eigenvalue weighted by atomic mass is 28.5. The predicted octanol–water partition coefficient (Wildman–Crippen LogP) is 2.06. The molecule has 9 heteroatoms. The second-order valence-corrected chi connectivity index (χ2v) is 18.3. The molecule has 0 aromatic carbocycles. The molecule has 0 aliphatic rings. The average molecular weight is 345 g/mol. The Morgan fingerprint density at radius 3 is 0.778 bits per heavy atom. The summed E-state index contributed by atoms with van der Waals surface area (Å²) in [6, 6.07) is 0. The van der Waals surface area contributed by atoms with Gasteiger partial charge in [-0.15, -0.1) is 0 Å². The van der Waals surface area contributed by atoms with Gasteiger partial charge in [0.15, 0.2) is 36.2 Å². The van der Waals surface area contributed by atoms with Gasteiger partial charge in [-0.2, -0.15) is 0 Å². The minimum absolute atomic E-state index is 0. The first kappa shape index (κ1) is 21.2. The maximum atomic E-state index is 6.09. The summed E-state index contributed by atoms with van der Waals surface area (Å²) in [5.74, 6) is 0. The maximum absolute atomic E-state index is 6.09. The lowest BCUT2D eigenvalue weighted by Crippen LogP contribution is -2.57. The molecule has 0 unspecified atom stereocenters. The Kier molecular flexibility index (Phi) is 11.5. The molecule has 112 valence electrons. The summed E-state index contributed by atoms with van der Waals surface area (Å²) in [6.45, 7) is 17.1. The molecule has 0 saturated carbocycles. The van der Waals surface area contributed by atoms with Crippen molar-refractivity contribution < 1.29 is 16.5 Å². The molecule has 0 fully saturated rings. The van der Waals surface area contributed by atoms with E-state index in [1.54, 1.807) is 0 Å². The molecule has 4 nitrogen and oxygen atoms in total. The molecule has 0 radical (unpaired) electrons. The highest BCUT2D eigenvalue weighted by molar-refractivity contribution is 6.80. The van der Waals surface area contributed by atoms with Gasteiger partial charge in [0, 0.05) is 0 Å². The third-order valence-electron chi connectivity index (χ3n) is 1.52. The Balaban J connectivity index is 0. The van der Waals surface area contributed by atoms with Crippen LogP contribution < -0.4 is 0 Å². The van der Waals surface area contributed by atoms with Crippen molar-refractivity contribution >= 4 is 45.2 Å². The normalized spacial score (nSPS) is 12.7. The van der Waals surface area contributed by atoms with Gasteiger partial charge in [0.1, 0.15) is 0 Å². The summed E-state index contributed by atoms with van der Waals surface area (Å²) in [5.41, 5.74) is 0. The quantitative estimate of drug-likeness (QED) is 0.632. The van der Waals surface area contributed by atoms with Crippen LogP contribution in [0.1, 0.15) is 7.43 Å². The van der Waals surface area contributed by atoms with E-state index < -0.39 is 45.2 Å². The SMILES string of the molecule is C.C[SiH](C)O[Si](O[SiH](C)C)(O[SiH](C)C)O[SiH](C)C. The summed E-state index contributed by atoms with van der Waals surface area (Å²) >= 11 is 0. The van der Waals surface area contributed by atoms with Crippen molar-refractivity contribution in [2.24, 2.45) is 0 Å². The van der Waals surface area contributed by atoms with E-state index >= 15 is 0 Å². The topological polar surface area (TPSA) is 36.9 Å². The van der Waals surface area contributed by atoms with Crippen molar-refractivity contribution in [1.29, 1.82) is 0 Å². The van der Waals surface area contributed by atoms with Crippen LogP contribution in [0.5, 0.6) is 0 Å². The monoisotopic (exact) mass is 344 g/mol. The van der Waals surface area contributed by atoms with Gasteiger partial charge in [0.25, 0.3) is 0 Å². The molecule has 0 amide bonds. The largest absolute Gasteiger partial charge is 0.636 e. The lowest BCUT2D eigenvalue weighted by Gasteiger charge is -2.35. The molecular weight excluding hydrogens is 313 g/mol. The Bertz CT molecular complexity index is 168. The van der Waals surface area contributed by atoms with E-state index in [0.29, 0.717) is 0 Å². The van der Waals surface area contributed by atoms with Crippen LogP contribution in [0.2, 0.25) is 52.4 Å². The van der Waals surface area contributed by atoms with Crippen LogP contribution in [0.3, 0.4) is 0 Å². The molecule has 0 aliphatic carbocycles. The molecule has 0 rings (SSSR count). The van der Waals surface area contributed by atoms with E-state index in [1.807, 2.05) is 0 Å². The minimum Gasteiger partial charge on any atom is -0.399 e. The molecule has 0 atom stereocenters. The molecule has 0 saturated heterocycles. The van der Waals surface area contributed by atoms with Crippen LogP contribution in [0, 0.1) is 0 Å². The molecule has 0 bridgehead atoms. The fourth-order valence-corrected chi connectivity index (χ4v) is 14.9. The van der Waals surface area contributed by atoms with Crippen molar-refractivity contribution in [3.05, 3.63) is 0 Å². The summed E-state index contributed by atoms with van der Waals surface area (Å²) in [4.78, 5) is 0. The van der Waals surface area contributed by atoms with Crippen LogP contribution in [0.25, 0.3) is 0 Å². The second kappa shape index (κ2) is 9.77. The van der Waals surface area contributed by atoms with Gasteiger partial charge in [-0.25, -0.2) is 0 Å².